The summed E-state index contributed by atoms with van der Waals surface area (Å²) in [4.78, 5) is 31.4. The number of esters is 1. The Morgan fingerprint density at radius 1 is 1.13 bits per heavy atom. The molecule has 1 amide bonds. The van der Waals surface area contributed by atoms with Crippen LogP contribution < -0.4 is 4.74 Å². The highest BCUT2D eigenvalue weighted by atomic mass is 32.1. The Labute approximate surface area is 185 Å². The van der Waals surface area contributed by atoms with Crippen molar-refractivity contribution >= 4 is 23.2 Å². The number of hydrogen-bond donors (Lipinski definition) is 0. The number of benzene rings is 2. The van der Waals surface area contributed by atoms with Crippen LogP contribution in [0.5, 0.6) is 5.75 Å². The van der Waals surface area contributed by atoms with Crippen LogP contribution in [0.25, 0.3) is 0 Å². The summed E-state index contributed by atoms with van der Waals surface area (Å²) in [5.74, 6) is -0.0698. The van der Waals surface area contributed by atoms with E-state index >= 15 is 0 Å². The van der Waals surface area contributed by atoms with Gasteiger partial charge < -0.3 is 14.4 Å². The van der Waals surface area contributed by atoms with Gasteiger partial charge >= 0.3 is 5.97 Å². The van der Waals surface area contributed by atoms with Crippen LogP contribution in [-0.2, 0) is 29.1 Å². The molecule has 2 heterocycles. The SMILES string of the molecule is Cc1nc(COc2ccc(C(=O)OC(C)C(=O)N3CCc4ccccc4C3)cc2)cs1. The third-order valence-electron chi connectivity index (χ3n) is 5.22. The Hall–Kier alpha value is -3.19. The van der Waals surface area contributed by atoms with E-state index in [0.717, 1.165) is 22.7 Å². The molecule has 0 bridgehead atoms. The van der Waals surface area contributed by atoms with Crippen molar-refractivity contribution in [3.63, 3.8) is 0 Å². The number of thiazole rings is 1. The van der Waals surface area contributed by atoms with Gasteiger partial charge in [-0.2, -0.15) is 0 Å². The minimum atomic E-state index is -0.846. The molecule has 1 unspecified atom stereocenters. The van der Waals surface area contributed by atoms with Crippen molar-refractivity contribution in [2.45, 2.75) is 39.5 Å². The predicted molar refractivity (Wildman–Crippen MR) is 118 cm³/mol. The normalized spacial score (nSPS) is 13.9. The van der Waals surface area contributed by atoms with Crippen LogP contribution in [0.2, 0.25) is 0 Å². The second-order valence-corrected chi connectivity index (χ2v) is 8.56. The number of aryl methyl sites for hydroxylation is 1. The lowest BCUT2D eigenvalue weighted by Gasteiger charge is -2.30. The molecule has 1 aliphatic heterocycles. The molecule has 4 rings (SSSR count). The lowest BCUT2D eigenvalue weighted by molar-refractivity contribution is -0.140. The van der Waals surface area contributed by atoms with Gasteiger partial charge in [-0.1, -0.05) is 24.3 Å². The summed E-state index contributed by atoms with van der Waals surface area (Å²) in [7, 11) is 0. The molecular weight excluding hydrogens is 412 g/mol. The molecule has 1 aliphatic rings. The fourth-order valence-corrected chi connectivity index (χ4v) is 4.14. The van der Waals surface area contributed by atoms with Crippen LogP contribution in [0, 0.1) is 6.92 Å². The lowest BCUT2D eigenvalue weighted by Crippen LogP contribution is -2.42. The fraction of sp³-hybridized carbons (Fsp3) is 0.292. The molecule has 0 saturated heterocycles. The molecule has 3 aromatic rings. The van der Waals surface area contributed by atoms with Gasteiger partial charge in [0.1, 0.15) is 12.4 Å². The Morgan fingerprint density at radius 2 is 1.87 bits per heavy atom. The molecule has 0 radical (unpaired) electrons. The van der Waals surface area contributed by atoms with Gasteiger partial charge in [0.05, 0.1) is 16.3 Å². The zero-order valence-corrected chi connectivity index (χ0v) is 18.4. The maximum Gasteiger partial charge on any atom is 0.338 e. The van der Waals surface area contributed by atoms with E-state index in [9.17, 15) is 9.59 Å². The van der Waals surface area contributed by atoms with Gasteiger partial charge in [0.15, 0.2) is 6.10 Å². The number of nitrogens with zero attached hydrogens (tertiary/aromatic N) is 2. The molecule has 0 spiro atoms. The maximum absolute atomic E-state index is 12.8. The second kappa shape index (κ2) is 9.31. The van der Waals surface area contributed by atoms with E-state index in [-0.39, 0.29) is 5.91 Å². The lowest BCUT2D eigenvalue weighted by atomic mass is 9.99. The van der Waals surface area contributed by atoms with Crippen LogP contribution in [0.15, 0.2) is 53.9 Å². The maximum atomic E-state index is 12.8. The molecule has 0 aliphatic carbocycles. The number of ether oxygens (including phenoxy) is 2. The molecule has 1 atom stereocenters. The average Bonchev–Trinajstić information content (AvgIpc) is 3.22. The van der Waals surface area contributed by atoms with Gasteiger partial charge in [0, 0.05) is 18.5 Å². The molecular formula is C24H24N2O4S. The first-order chi connectivity index (χ1) is 15.0. The van der Waals surface area contributed by atoms with E-state index in [4.69, 9.17) is 9.47 Å². The molecule has 7 heteroatoms. The number of rotatable bonds is 6. The first-order valence-electron chi connectivity index (χ1n) is 10.2. The molecule has 160 valence electrons. The predicted octanol–water partition coefficient (Wildman–Crippen LogP) is 4.16. The van der Waals surface area contributed by atoms with Gasteiger partial charge in [-0.05, 0) is 55.7 Å². The zero-order valence-electron chi connectivity index (χ0n) is 17.5. The number of fused-ring (bicyclic) bond motifs is 1. The molecule has 0 N–H and O–H groups in total. The summed E-state index contributed by atoms with van der Waals surface area (Å²) in [6.45, 7) is 5.11. The third-order valence-corrected chi connectivity index (χ3v) is 6.04. The molecule has 2 aromatic carbocycles. The molecule has 1 aromatic heterocycles. The molecule has 31 heavy (non-hydrogen) atoms. The topological polar surface area (TPSA) is 68.7 Å². The quantitative estimate of drug-likeness (QED) is 0.543. The zero-order chi connectivity index (χ0) is 21.8. The van der Waals surface area contributed by atoms with Crippen molar-refractivity contribution in [1.82, 2.24) is 9.88 Å². The summed E-state index contributed by atoms with van der Waals surface area (Å²) in [5, 5.41) is 2.95. The number of hydrogen-bond acceptors (Lipinski definition) is 6. The number of carbonyl (C=O) groups is 2. The minimum absolute atomic E-state index is 0.179. The third kappa shape index (κ3) is 5.11. The highest BCUT2D eigenvalue weighted by molar-refractivity contribution is 7.09. The smallest absolute Gasteiger partial charge is 0.338 e. The minimum Gasteiger partial charge on any atom is -0.487 e. The first kappa shape index (κ1) is 21.1. The average molecular weight is 437 g/mol. The van der Waals surface area contributed by atoms with Gasteiger partial charge in [0.25, 0.3) is 5.91 Å². The van der Waals surface area contributed by atoms with Gasteiger partial charge in [0.2, 0.25) is 0 Å². The summed E-state index contributed by atoms with van der Waals surface area (Å²) in [6.07, 6.45) is -0.0357. The van der Waals surface area contributed by atoms with Crippen molar-refractivity contribution < 1.29 is 19.1 Å². The Morgan fingerprint density at radius 3 is 2.58 bits per heavy atom. The van der Waals surface area contributed by atoms with Crippen LogP contribution in [0.3, 0.4) is 0 Å². The monoisotopic (exact) mass is 436 g/mol. The summed E-state index contributed by atoms with van der Waals surface area (Å²) in [6, 6.07) is 14.8. The van der Waals surface area contributed by atoms with Crippen molar-refractivity contribution in [2.24, 2.45) is 0 Å². The van der Waals surface area contributed by atoms with Gasteiger partial charge in [-0.15, -0.1) is 11.3 Å². The largest absolute Gasteiger partial charge is 0.487 e. The Bertz CT molecular complexity index is 1080. The Kier molecular flexibility index (Phi) is 6.32. The standard InChI is InChI=1S/C24H24N2O4S/c1-16(23(27)26-12-11-18-5-3-4-6-20(18)13-26)30-24(28)19-7-9-22(10-8-19)29-14-21-15-31-17(2)25-21/h3-10,15-16H,11-14H2,1-2H3. The Balaban J connectivity index is 1.30. The van der Waals surface area contributed by atoms with E-state index in [0.29, 0.717) is 31.0 Å². The second-order valence-electron chi connectivity index (χ2n) is 7.50. The van der Waals surface area contributed by atoms with E-state index in [1.807, 2.05) is 30.5 Å². The number of aromatic nitrogens is 1. The summed E-state index contributed by atoms with van der Waals surface area (Å²) < 4.78 is 11.1. The summed E-state index contributed by atoms with van der Waals surface area (Å²) in [5.41, 5.74) is 3.66. The van der Waals surface area contributed by atoms with E-state index < -0.39 is 12.1 Å². The highest BCUT2D eigenvalue weighted by Crippen LogP contribution is 2.20. The van der Waals surface area contributed by atoms with Crippen LogP contribution >= 0.6 is 11.3 Å². The highest BCUT2D eigenvalue weighted by Gasteiger charge is 2.27. The van der Waals surface area contributed by atoms with Gasteiger partial charge in [-0.25, -0.2) is 9.78 Å². The van der Waals surface area contributed by atoms with Crippen molar-refractivity contribution in [3.05, 3.63) is 81.3 Å². The van der Waals surface area contributed by atoms with Crippen molar-refractivity contribution in [1.29, 1.82) is 0 Å². The summed E-state index contributed by atoms with van der Waals surface area (Å²) >= 11 is 1.58. The molecule has 0 fully saturated rings. The fourth-order valence-electron chi connectivity index (χ4n) is 3.54. The van der Waals surface area contributed by atoms with E-state index in [2.05, 4.69) is 11.1 Å². The van der Waals surface area contributed by atoms with Crippen LogP contribution in [0.4, 0.5) is 0 Å². The van der Waals surface area contributed by atoms with E-state index in [1.165, 1.54) is 5.56 Å². The first-order valence-corrected chi connectivity index (χ1v) is 11.1. The van der Waals surface area contributed by atoms with Crippen LogP contribution in [-0.4, -0.2) is 34.4 Å². The van der Waals surface area contributed by atoms with Crippen molar-refractivity contribution in [2.75, 3.05) is 6.54 Å². The molecule has 6 nitrogen and oxygen atoms in total. The van der Waals surface area contributed by atoms with Crippen molar-refractivity contribution in [3.8, 4) is 5.75 Å². The van der Waals surface area contributed by atoms with Gasteiger partial charge in [-0.3, -0.25) is 4.79 Å². The number of amides is 1. The van der Waals surface area contributed by atoms with Crippen LogP contribution in [0.1, 0.15) is 39.1 Å². The number of carbonyl (C=O) groups excluding carboxylic acids is 2. The van der Waals surface area contributed by atoms with E-state index in [1.54, 1.807) is 47.4 Å². The molecule has 0 saturated carbocycles.